The van der Waals surface area contributed by atoms with E-state index in [9.17, 15) is 19.5 Å². The van der Waals surface area contributed by atoms with Gasteiger partial charge in [-0.15, -0.1) is 0 Å². The van der Waals surface area contributed by atoms with Crippen molar-refractivity contribution in [3.8, 4) is 5.75 Å². The van der Waals surface area contributed by atoms with E-state index in [1.807, 2.05) is 12.1 Å². The number of hydrogen-bond acceptors (Lipinski definition) is 8. The molecule has 1 aromatic heterocycles. The van der Waals surface area contributed by atoms with Gasteiger partial charge in [0.1, 0.15) is 29.1 Å². The molecule has 10 nitrogen and oxygen atoms in total. The second kappa shape index (κ2) is 13.2. The lowest BCUT2D eigenvalue weighted by Crippen LogP contribution is -2.56. The molecular formula is C28H29IN2O8. The van der Waals surface area contributed by atoms with Gasteiger partial charge in [-0.25, -0.2) is 4.79 Å². The molecule has 0 spiro atoms. The number of aliphatic hydroxyl groups is 2. The second-order valence-corrected chi connectivity index (χ2v) is 10.1. The minimum Gasteiger partial charge on any atom is -0.482 e. The van der Waals surface area contributed by atoms with Crippen LogP contribution in [0.2, 0.25) is 0 Å². The Morgan fingerprint density at radius 3 is 2.67 bits per heavy atom. The van der Waals surface area contributed by atoms with E-state index in [2.05, 4.69) is 27.9 Å². The number of benzene rings is 2. The van der Waals surface area contributed by atoms with Gasteiger partial charge in [-0.1, -0.05) is 30.3 Å². The van der Waals surface area contributed by atoms with Crippen molar-refractivity contribution >= 4 is 45.4 Å². The average molecular weight is 648 g/mol. The van der Waals surface area contributed by atoms with E-state index in [1.54, 1.807) is 36.4 Å². The number of nitrogens with one attached hydrogen (secondary N) is 1. The van der Waals surface area contributed by atoms with Crippen LogP contribution in [0.1, 0.15) is 16.8 Å². The summed E-state index contributed by atoms with van der Waals surface area (Å²) in [5.74, 6) is -0.624. The topological polar surface area (TPSA) is 139 Å². The first-order valence-electron chi connectivity index (χ1n) is 12.4. The van der Waals surface area contributed by atoms with Gasteiger partial charge in [-0.3, -0.25) is 9.59 Å². The number of ether oxygens (including phenoxy) is 2. The third-order valence-corrected chi connectivity index (χ3v) is 7.27. The SMILES string of the molecule is COCCN(C(=O)c1cc2ccccc2oc1=O)C1CC(C(=O)NCCO)=CC(Oc2ccccc2I)C1O. The summed E-state index contributed by atoms with van der Waals surface area (Å²) in [6.45, 7) is -0.0600. The van der Waals surface area contributed by atoms with E-state index < -0.39 is 35.7 Å². The first-order valence-corrected chi connectivity index (χ1v) is 13.4. The molecule has 0 radical (unpaired) electrons. The van der Waals surface area contributed by atoms with Crippen molar-refractivity contribution in [1.29, 1.82) is 0 Å². The van der Waals surface area contributed by atoms with E-state index in [0.717, 1.165) is 3.57 Å². The van der Waals surface area contributed by atoms with Crippen molar-refractivity contribution in [1.82, 2.24) is 10.2 Å². The molecule has 3 N–H and O–H groups in total. The molecule has 0 fully saturated rings. The molecule has 2 amide bonds. The van der Waals surface area contributed by atoms with Crippen LogP contribution in [0.5, 0.6) is 5.75 Å². The highest BCUT2D eigenvalue weighted by atomic mass is 127. The summed E-state index contributed by atoms with van der Waals surface area (Å²) in [4.78, 5) is 40.9. The van der Waals surface area contributed by atoms with Crippen molar-refractivity contribution in [2.24, 2.45) is 0 Å². The summed E-state index contributed by atoms with van der Waals surface area (Å²) in [5, 5.41) is 23.8. The molecule has 0 bridgehead atoms. The van der Waals surface area contributed by atoms with Crippen LogP contribution in [0, 0.1) is 3.57 Å². The van der Waals surface area contributed by atoms with Crippen molar-refractivity contribution in [3.63, 3.8) is 0 Å². The largest absolute Gasteiger partial charge is 0.482 e. The molecule has 3 atom stereocenters. The quantitative estimate of drug-likeness (QED) is 0.225. The highest BCUT2D eigenvalue weighted by Gasteiger charge is 2.41. The second-order valence-electron chi connectivity index (χ2n) is 8.92. The molecule has 3 aromatic rings. The van der Waals surface area contributed by atoms with Crippen LogP contribution < -0.4 is 15.7 Å². The Morgan fingerprint density at radius 1 is 1.18 bits per heavy atom. The Hall–Kier alpha value is -3.26. The summed E-state index contributed by atoms with van der Waals surface area (Å²) in [5.41, 5.74) is -0.394. The maximum Gasteiger partial charge on any atom is 0.349 e. The number of para-hydroxylation sites is 2. The Morgan fingerprint density at radius 2 is 1.92 bits per heavy atom. The fourth-order valence-electron chi connectivity index (χ4n) is 4.44. The van der Waals surface area contributed by atoms with Crippen molar-refractivity contribution in [2.45, 2.75) is 24.7 Å². The zero-order chi connectivity index (χ0) is 27.9. The zero-order valence-corrected chi connectivity index (χ0v) is 23.4. The Balaban J connectivity index is 1.73. The third kappa shape index (κ3) is 6.67. The van der Waals surface area contributed by atoms with E-state index in [0.29, 0.717) is 16.7 Å². The van der Waals surface area contributed by atoms with Crippen LogP contribution in [-0.2, 0) is 9.53 Å². The van der Waals surface area contributed by atoms with Gasteiger partial charge in [0.15, 0.2) is 0 Å². The van der Waals surface area contributed by atoms with Crippen LogP contribution in [0.15, 0.2) is 75.5 Å². The Bertz CT molecular complexity index is 1420. The maximum atomic E-state index is 13.8. The Kier molecular flexibility index (Phi) is 9.73. The van der Waals surface area contributed by atoms with E-state index >= 15 is 0 Å². The highest BCUT2D eigenvalue weighted by molar-refractivity contribution is 14.1. The predicted octanol–water partition coefficient (Wildman–Crippen LogP) is 2.10. The summed E-state index contributed by atoms with van der Waals surface area (Å²) in [6, 6.07) is 14.6. The number of aliphatic hydroxyl groups excluding tert-OH is 2. The molecular weight excluding hydrogens is 619 g/mol. The molecule has 1 heterocycles. The van der Waals surface area contributed by atoms with Gasteiger partial charge >= 0.3 is 5.63 Å². The molecule has 0 aliphatic heterocycles. The molecule has 11 heteroatoms. The van der Waals surface area contributed by atoms with Crippen LogP contribution in [0.3, 0.4) is 0 Å². The van der Waals surface area contributed by atoms with Gasteiger partial charge in [0.05, 0.1) is 22.8 Å². The molecule has 1 aliphatic carbocycles. The molecule has 4 rings (SSSR count). The predicted molar refractivity (Wildman–Crippen MR) is 152 cm³/mol. The number of methoxy groups -OCH3 is 1. The summed E-state index contributed by atoms with van der Waals surface area (Å²) in [7, 11) is 1.47. The van der Waals surface area contributed by atoms with Gasteiger partial charge in [-0.05, 0) is 52.9 Å². The molecule has 1 aliphatic rings. The smallest absolute Gasteiger partial charge is 0.349 e. The molecule has 0 saturated heterocycles. The standard InChI is InChI=1S/C28H29IN2O8/c1-37-13-11-31(27(35)19-14-17-6-2-4-8-22(17)39-28(19)36)21-15-18(26(34)30-10-12-32)16-24(25(21)33)38-23-9-5-3-7-20(23)29/h2-9,14,16,21,24-25,32-33H,10-13,15H2,1H3,(H,30,34). The number of halogens is 1. The van der Waals surface area contributed by atoms with Crippen LogP contribution >= 0.6 is 22.6 Å². The minimum absolute atomic E-state index is 0.0153. The molecule has 3 unspecified atom stereocenters. The summed E-state index contributed by atoms with van der Waals surface area (Å²) in [6.07, 6.45) is -0.720. The van der Waals surface area contributed by atoms with Crippen molar-refractivity contribution in [2.75, 3.05) is 33.4 Å². The van der Waals surface area contributed by atoms with E-state index in [4.69, 9.17) is 19.0 Å². The van der Waals surface area contributed by atoms with Gasteiger partial charge in [0, 0.05) is 37.6 Å². The first-order chi connectivity index (χ1) is 18.8. The number of hydrogen-bond donors (Lipinski definition) is 3. The van der Waals surface area contributed by atoms with Crippen LogP contribution in [0.25, 0.3) is 11.0 Å². The first kappa shape index (κ1) is 28.7. The number of amides is 2. The highest BCUT2D eigenvalue weighted by Crippen LogP contribution is 2.30. The van der Waals surface area contributed by atoms with E-state index in [-0.39, 0.29) is 43.9 Å². The summed E-state index contributed by atoms with van der Waals surface area (Å²) < 4.78 is 17.5. The van der Waals surface area contributed by atoms with Gasteiger partial charge in [0.25, 0.3) is 5.91 Å². The Labute approximate surface area is 238 Å². The molecule has 206 valence electrons. The number of fused-ring (bicyclic) bond motifs is 1. The lowest BCUT2D eigenvalue weighted by molar-refractivity contribution is -0.118. The van der Waals surface area contributed by atoms with Crippen LogP contribution in [-0.4, -0.2) is 78.6 Å². The normalized spacial score (nSPS) is 18.9. The number of rotatable bonds is 10. The van der Waals surface area contributed by atoms with Crippen molar-refractivity contribution in [3.05, 3.63) is 85.8 Å². The van der Waals surface area contributed by atoms with Gasteiger partial charge < -0.3 is 34.3 Å². The lowest BCUT2D eigenvalue weighted by Gasteiger charge is -2.40. The average Bonchev–Trinajstić information content (AvgIpc) is 2.94. The molecule has 0 saturated carbocycles. The monoisotopic (exact) mass is 648 g/mol. The maximum absolute atomic E-state index is 13.8. The fraction of sp³-hybridized carbons (Fsp3) is 0.321. The molecule has 39 heavy (non-hydrogen) atoms. The number of carbonyl (C=O) groups excluding carboxylic acids is 2. The van der Waals surface area contributed by atoms with Crippen molar-refractivity contribution < 1.29 is 33.7 Å². The lowest BCUT2D eigenvalue weighted by atomic mass is 9.87. The zero-order valence-electron chi connectivity index (χ0n) is 21.2. The van der Waals surface area contributed by atoms with Gasteiger partial charge in [-0.2, -0.15) is 0 Å². The third-order valence-electron chi connectivity index (χ3n) is 6.38. The number of nitrogens with zero attached hydrogens (tertiary/aromatic N) is 1. The van der Waals surface area contributed by atoms with Gasteiger partial charge in [0.2, 0.25) is 5.91 Å². The van der Waals surface area contributed by atoms with E-state index in [1.165, 1.54) is 24.2 Å². The number of carbonyl (C=O) groups is 2. The molecule has 2 aromatic carbocycles. The summed E-state index contributed by atoms with van der Waals surface area (Å²) >= 11 is 2.11. The fourth-order valence-corrected chi connectivity index (χ4v) is 4.95. The van der Waals surface area contributed by atoms with Crippen LogP contribution in [0.4, 0.5) is 0 Å². The minimum atomic E-state index is -1.25.